The van der Waals surface area contributed by atoms with Gasteiger partial charge in [0.1, 0.15) is 10.7 Å². The van der Waals surface area contributed by atoms with E-state index < -0.39 is 17.2 Å². The van der Waals surface area contributed by atoms with Crippen molar-refractivity contribution in [3.8, 4) is 22.6 Å². The first-order valence-electron chi connectivity index (χ1n) is 10.5. The maximum Gasteiger partial charge on any atom is 0.335 e. The van der Waals surface area contributed by atoms with Crippen LogP contribution in [0.25, 0.3) is 33.7 Å². The number of aromatic amines is 1. The van der Waals surface area contributed by atoms with Gasteiger partial charge < -0.3 is 15.4 Å². The predicted octanol–water partition coefficient (Wildman–Crippen LogP) is 3.90. The first kappa shape index (κ1) is 23.3. The Morgan fingerprint density at radius 2 is 1.81 bits per heavy atom. The second-order valence-corrected chi connectivity index (χ2v) is 9.00. The summed E-state index contributed by atoms with van der Waals surface area (Å²) >= 11 is 7.76. The third-order valence-electron chi connectivity index (χ3n) is 5.37. The quantitative estimate of drug-likeness (QED) is 0.320. The largest absolute Gasteiger partial charge is 0.478 e. The van der Waals surface area contributed by atoms with E-state index in [1.165, 1.54) is 53.2 Å². The van der Waals surface area contributed by atoms with Crippen molar-refractivity contribution in [1.82, 2.24) is 19.1 Å². The van der Waals surface area contributed by atoms with Gasteiger partial charge in [-0.3, -0.25) is 14.2 Å². The molecule has 2 aromatic carbocycles. The smallest absolute Gasteiger partial charge is 0.335 e. The zero-order chi connectivity index (χ0) is 25.6. The van der Waals surface area contributed by atoms with Crippen molar-refractivity contribution in [2.24, 2.45) is 0 Å². The number of rotatable bonds is 5. The molecular weight excluding hydrogens is 506 g/mol. The van der Waals surface area contributed by atoms with Gasteiger partial charge in [-0.15, -0.1) is 11.3 Å². The van der Waals surface area contributed by atoms with Crippen LogP contribution in [0.1, 0.15) is 17.3 Å². The minimum atomic E-state index is -1.18. The predicted molar refractivity (Wildman–Crippen MR) is 137 cm³/mol. The Morgan fingerprint density at radius 3 is 2.50 bits per heavy atom. The van der Waals surface area contributed by atoms with Crippen molar-refractivity contribution < 1.29 is 14.7 Å². The van der Waals surface area contributed by atoms with Crippen LogP contribution in [0.3, 0.4) is 0 Å². The van der Waals surface area contributed by atoms with Gasteiger partial charge in [0.2, 0.25) is 5.91 Å². The van der Waals surface area contributed by atoms with Gasteiger partial charge in [0.25, 0.3) is 5.56 Å². The summed E-state index contributed by atoms with van der Waals surface area (Å²) in [5.41, 5.74) is 1.04. The molecule has 0 aliphatic rings. The maximum atomic E-state index is 13.5. The molecule has 3 heterocycles. The number of nitrogens with one attached hydrogen (secondary N) is 2. The molecule has 0 aliphatic carbocycles. The van der Waals surface area contributed by atoms with Crippen molar-refractivity contribution in [2.45, 2.75) is 6.92 Å². The summed E-state index contributed by atoms with van der Waals surface area (Å²) in [4.78, 5) is 55.9. The fourth-order valence-corrected chi connectivity index (χ4v) is 4.87. The fraction of sp³-hybridized carbons (Fsp3) is 0.0417. The van der Waals surface area contributed by atoms with Gasteiger partial charge in [-0.1, -0.05) is 29.8 Å². The van der Waals surface area contributed by atoms with Crippen molar-refractivity contribution in [2.75, 3.05) is 5.32 Å². The number of carboxylic acid groups (broad SMARTS) is 1. The summed E-state index contributed by atoms with van der Waals surface area (Å²) in [5, 5.41) is 14.4. The molecule has 0 saturated heterocycles. The topological polar surface area (TPSA) is 139 Å². The van der Waals surface area contributed by atoms with Crippen LogP contribution in [-0.4, -0.2) is 36.1 Å². The van der Waals surface area contributed by atoms with Crippen molar-refractivity contribution >= 4 is 51.0 Å². The number of thiazole rings is 1. The Bertz CT molecular complexity index is 1780. The van der Waals surface area contributed by atoms with E-state index in [1.54, 1.807) is 24.3 Å². The molecule has 0 fully saturated rings. The molecule has 0 unspecified atom stereocenters. The lowest BCUT2D eigenvalue weighted by Crippen LogP contribution is -2.34. The van der Waals surface area contributed by atoms with Crippen LogP contribution in [0.5, 0.6) is 0 Å². The van der Waals surface area contributed by atoms with E-state index in [9.17, 15) is 24.3 Å². The van der Waals surface area contributed by atoms with Crippen LogP contribution >= 0.6 is 22.9 Å². The molecule has 0 atom stereocenters. The number of anilines is 1. The van der Waals surface area contributed by atoms with Gasteiger partial charge in [-0.2, -0.15) is 0 Å². The summed E-state index contributed by atoms with van der Waals surface area (Å²) < 4.78 is 2.37. The van der Waals surface area contributed by atoms with E-state index in [2.05, 4.69) is 15.3 Å². The number of aromatic nitrogens is 4. The normalized spacial score (nSPS) is 11.1. The molecule has 12 heteroatoms. The van der Waals surface area contributed by atoms with E-state index >= 15 is 0 Å². The number of fused-ring (bicyclic) bond motifs is 1. The van der Waals surface area contributed by atoms with Gasteiger partial charge in [0, 0.05) is 23.6 Å². The van der Waals surface area contributed by atoms with E-state index in [4.69, 9.17) is 11.6 Å². The van der Waals surface area contributed by atoms with Crippen molar-refractivity contribution in [1.29, 1.82) is 0 Å². The maximum absolute atomic E-state index is 13.5. The summed E-state index contributed by atoms with van der Waals surface area (Å²) in [7, 11) is 0. The third-order valence-corrected chi connectivity index (χ3v) is 6.40. The highest BCUT2D eigenvalue weighted by molar-refractivity contribution is 7.14. The van der Waals surface area contributed by atoms with E-state index in [-0.39, 0.29) is 33.3 Å². The zero-order valence-electron chi connectivity index (χ0n) is 18.5. The fourth-order valence-electron chi connectivity index (χ4n) is 3.82. The lowest BCUT2D eigenvalue weighted by molar-refractivity contribution is -0.114. The van der Waals surface area contributed by atoms with Crippen molar-refractivity contribution in [3.05, 3.63) is 91.5 Å². The molecule has 5 rings (SSSR count). The standard InChI is InChI=1S/C24H16ClN5O5S/c1-12(31)26-23-27-18(11-36-23)13-5-7-15(8-6-13)29-19(25)10-17-20(29)21(32)30(24(35)28-17)16-4-2-3-14(9-16)22(33)34/h2-11H,1H3,(H,28,35)(H,33,34)(H,26,27,31). The number of halogens is 1. The third kappa shape index (κ3) is 4.10. The SMILES string of the molecule is CC(=O)Nc1nc(-c2ccc(-n3c(Cl)cc4[nH]c(=O)n(-c5cccc(C(=O)O)c5)c(=O)c43)cc2)cs1. The lowest BCUT2D eigenvalue weighted by atomic mass is 10.1. The molecule has 0 radical (unpaired) electrons. The first-order valence-corrected chi connectivity index (χ1v) is 11.7. The summed E-state index contributed by atoms with van der Waals surface area (Å²) in [6.45, 7) is 1.41. The minimum Gasteiger partial charge on any atom is -0.478 e. The zero-order valence-corrected chi connectivity index (χ0v) is 20.1. The molecule has 1 amide bonds. The van der Waals surface area contributed by atoms with E-state index in [0.717, 1.165) is 10.1 Å². The molecule has 10 nitrogen and oxygen atoms in total. The summed E-state index contributed by atoms with van der Waals surface area (Å²) in [5.74, 6) is -1.39. The molecule has 0 aliphatic heterocycles. The molecule has 3 N–H and O–H groups in total. The number of nitrogens with zero attached hydrogens (tertiary/aromatic N) is 3. The Kier molecular flexibility index (Phi) is 5.78. The molecule has 3 aromatic heterocycles. The van der Waals surface area contributed by atoms with Crippen LogP contribution in [0.4, 0.5) is 5.13 Å². The highest BCUT2D eigenvalue weighted by Gasteiger charge is 2.18. The Balaban J connectivity index is 1.61. The highest BCUT2D eigenvalue weighted by Crippen LogP contribution is 2.28. The van der Waals surface area contributed by atoms with Gasteiger partial charge in [-0.25, -0.2) is 19.1 Å². The number of hydrogen-bond donors (Lipinski definition) is 3. The second-order valence-electron chi connectivity index (χ2n) is 7.76. The number of carbonyl (C=O) groups is 2. The number of benzene rings is 2. The average Bonchev–Trinajstić information content (AvgIpc) is 3.42. The lowest BCUT2D eigenvalue weighted by Gasteiger charge is -2.10. The van der Waals surface area contributed by atoms with Crippen molar-refractivity contribution in [3.63, 3.8) is 0 Å². The number of carbonyl (C=O) groups excluding carboxylic acids is 1. The number of H-pyrrole nitrogens is 1. The molecule has 0 saturated carbocycles. The number of carboxylic acids is 1. The highest BCUT2D eigenvalue weighted by atomic mass is 35.5. The van der Waals surface area contributed by atoms with E-state index in [0.29, 0.717) is 16.5 Å². The monoisotopic (exact) mass is 521 g/mol. The van der Waals surface area contributed by atoms with E-state index in [1.807, 2.05) is 5.38 Å². The summed E-state index contributed by atoms with van der Waals surface area (Å²) in [6, 6.07) is 14.1. The van der Waals surface area contributed by atoms with Gasteiger partial charge >= 0.3 is 11.7 Å². The van der Waals surface area contributed by atoms with Crippen LogP contribution < -0.4 is 16.6 Å². The Hall–Kier alpha value is -4.48. The molecule has 36 heavy (non-hydrogen) atoms. The van der Waals surface area contributed by atoms with Crippen LogP contribution in [0, 0.1) is 0 Å². The van der Waals surface area contributed by atoms with Gasteiger partial charge in [-0.05, 0) is 36.4 Å². The number of aromatic carboxylic acids is 1. The molecule has 0 bridgehead atoms. The first-order chi connectivity index (χ1) is 17.2. The second kappa shape index (κ2) is 8.95. The Morgan fingerprint density at radius 1 is 1.06 bits per heavy atom. The number of hydrogen-bond acceptors (Lipinski definition) is 6. The summed E-state index contributed by atoms with van der Waals surface area (Å²) in [6.07, 6.45) is 0. The molecule has 0 spiro atoms. The minimum absolute atomic E-state index is 0.0633. The molecule has 180 valence electrons. The molecule has 5 aromatic rings. The van der Waals surface area contributed by atoms with Crippen LogP contribution in [-0.2, 0) is 4.79 Å². The van der Waals surface area contributed by atoms with Crippen LogP contribution in [0.15, 0.2) is 69.6 Å². The number of amides is 1. The van der Waals surface area contributed by atoms with Crippen LogP contribution in [0.2, 0.25) is 5.15 Å². The van der Waals surface area contributed by atoms with Gasteiger partial charge in [0.05, 0.1) is 22.5 Å². The van der Waals surface area contributed by atoms with Gasteiger partial charge in [0.15, 0.2) is 5.13 Å². The molecular formula is C24H16ClN5O5S. The Labute approximate surface area is 211 Å². The average molecular weight is 522 g/mol.